The maximum atomic E-state index is 11.9. The van der Waals surface area contributed by atoms with Crippen LogP contribution in [-0.2, 0) is 11.3 Å². The number of nitrogens with zero attached hydrogens (tertiary/aromatic N) is 2. The van der Waals surface area contributed by atoms with Crippen molar-refractivity contribution in [3.05, 3.63) is 30.1 Å². The third-order valence-electron chi connectivity index (χ3n) is 2.55. The summed E-state index contributed by atoms with van der Waals surface area (Å²) in [5, 5.41) is 0. The molecule has 1 aromatic heterocycles. The number of hydrogen-bond donors (Lipinski definition) is 1. The van der Waals surface area contributed by atoms with Crippen molar-refractivity contribution >= 4 is 5.91 Å². The number of pyridine rings is 1. The molecule has 4 nitrogen and oxygen atoms in total. The molecule has 1 unspecified atom stereocenters. The Hall–Kier alpha value is -1.42. The minimum absolute atomic E-state index is 0.0932. The van der Waals surface area contributed by atoms with Crippen molar-refractivity contribution in [2.45, 2.75) is 20.4 Å². The molecule has 0 saturated carbocycles. The van der Waals surface area contributed by atoms with Crippen LogP contribution in [0.4, 0.5) is 0 Å². The molecule has 4 heteroatoms. The van der Waals surface area contributed by atoms with Crippen LogP contribution in [0.15, 0.2) is 24.4 Å². The van der Waals surface area contributed by atoms with Crippen LogP contribution in [0.3, 0.4) is 0 Å². The fourth-order valence-electron chi connectivity index (χ4n) is 1.45. The first-order chi connectivity index (χ1) is 7.69. The summed E-state index contributed by atoms with van der Waals surface area (Å²) in [6.07, 6.45) is 1.74. The van der Waals surface area contributed by atoms with E-state index in [1.54, 1.807) is 11.1 Å². The zero-order chi connectivity index (χ0) is 12.0. The van der Waals surface area contributed by atoms with E-state index in [9.17, 15) is 4.79 Å². The lowest BCUT2D eigenvalue weighted by atomic mass is 10.1. The number of amides is 1. The van der Waals surface area contributed by atoms with Crippen LogP contribution in [0.5, 0.6) is 0 Å². The van der Waals surface area contributed by atoms with Crippen LogP contribution in [0.1, 0.15) is 19.5 Å². The standard InChI is InChI=1S/C12H19N3O/c1-3-15(12(16)10(2)8-13)9-11-6-4-5-7-14-11/h4-7,10H,3,8-9,13H2,1-2H3. The molecule has 2 N–H and O–H groups in total. The molecule has 0 radical (unpaired) electrons. The first-order valence-corrected chi connectivity index (χ1v) is 5.57. The maximum absolute atomic E-state index is 11.9. The molecule has 1 heterocycles. The van der Waals surface area contributed by atoms with Gasteiger partial charge in [-0.3, -0.25) is 9.78 Å². The molecule has 1 aromatic rings. The van der Waals surface area contributed by atoms with Gasteiger partial charge in [-0.25, -0.2) is 0 Å². The number of carbonyl (C=O) groups is 1. The summed E-state index contributed by atoms with van der Waals surface area (Å²) < 4.78 is 0. The molecule has 1 atom stereocenters. The summed E-state index contributed by atoms with van der Waals surface area (Å²) in [5.41, 5.74) is 6.40. The van der Waals surface area contributed by atoms with E-state index in [0.29, 0.717) is 19.6 Å². The van der Waals surface area contributed by atoms with Crippen molar-refractivity contribution in [3.8, 4) is 0 Å². The van der Waals surface area contributed by atoms with Crippen molar-refractivity contribution in [2.75, 3.05) is 13.1 Å². The molecule has 1 rings (SSSR count). The van der Waals surface area contributed by atoms with Crippen LogP contribution in [-0.4, -0.2) is 28.9 Å². The van der Waals surface area contributed by atoms with E-state index in [4.69, 9.17) is 5.73 Å². The lowest BCUT2D eigenvalue weighted by molar-refractivity contribution is -0.135. The van der Waals surface area contributed by atoms with Gasteiger partial charge in [0.2, 0.25) is 5.91 Å². The highest BCUT2D eigenvalue weighted by Gasteiger charge is 2.18. The Kier molecular flexibility index (Phi) is 4.92. The number of carbonyl (C=O) groups excluding carboxylic acids is 1. The van der Waals surface area contributed by atoms with Gasteiger partial charge in [0.05, 0.1) is 12.2 Å². The smallest absolute Gasteiger partial charge is 0.227 e. The van der Waals surface area contributed by atoms with Gasteiger partial charge >= 0.3 is 0 Å². The maximum Gasteiger partial charge on any atom is 0.227 e. The number of rotatable bonds is 5. The fourth-order valence-corrected chi connectivity index (χ4v) is 1.45. The normalized spacial score (nSPS) is 12.2. The Balaban J connectivity index is 2.66. The third kappa shape index (κ3) is 3.31. The van der Waals surface area contributed by atoms with Gasteiger partial charge in [0.15, 0.2) is 0 Å². The van der Waals surface area contributed by atoms with Gasteiger partial charge in [0, 0.05) is 25.2 Å². The zero-order valence-corrected chi connectivity index (χ0v) is 9.89. The monoisotopic (exact) mass is 221 g/mol. The minimum atomic E-state index is -0.122. The van der Waals surface area contributed by atoms with Crippen LogP contribution in [0, 0.1) is 5.92 Å². The Bertz CT molecular complexity index is 326. The number of hydrogen-bond acceptors (Lipinski definition) is 3. The molecule has 16 heavy (non-hydrogen) atoms. The van der Waals surface area contributed by atoms with Crippen LogP contribution < -0.4 is 5.73 Å². The molecule has 0 aliphatic rings. The summed E-state index contributed by atoms with van der Waals surface area (Å²) in [7, 11) is 0. The SMILES string of the molecule is CCN(Cc1ccccn1)C(=O)C(C)CN. The van der Waals surface area contributed by atoms with Gasteiger partial charge in [-0.15, -0.1) is 0 Å². The van der Waals surface area contributed by atoms with Crippen LogP contribution >= 0.6 is 0 Å². The lowest BCUT2D eigenvalue weighted by Gasteiger charge is -2.23. The zero-order valence-electron chi connectivity index (χ0n) is 9.89. The summed E-state index contributed by atoms with van der Waals surface area (Å²) in [6, 6.07) is 5.71. The van der Waals surface area contributed by atoms with Crippen LogP contribution in [0.2, 0.25) is 0 Å². The number of nitrogens with two attached hydrogens (primary N) is 1. The first-order valence-electron chi connectivity index (χ1n) is 5.57. The Labute approximate surface area is 96.5 Å². The largest absolute Gasteiger partial charge is 0.337 e. The second-order valence-electron chi connectivity index (χ2n) is 3.81. The van der Waals surface area contributed by atoms with Gasteiger partial charge in [0.25, 0.3) is 0 Å². The summed E-state index contributed by atoms with van der Waals surface area (Å²) in [4.78, 5) is 17.9. The molecule has 0 fully saturated rings. The fraction of sp³-hybridized carbons (Fsp3) is 0.500. The molecule has 0 aliphatic heterocycles. The molecule has 88 valence electrons. The second-order valence-corrected chi connectivity index (χ2v) is 3.81. The van der Waals surface area contributed by atoms with Crippen molar-refractivity contribution in [1.29, 1.82) is 0 Å². The molecule has 0 spiro atoms. The Morgan fingerprint density at radius 1 is 1.56 bits per heavy atom. The van der Waals surface area contributed by atoms with E-state index in [-0.39, 0.29) is 11.8 Å². The predicted octanol–water partition coefficient (Wildman–Crippen LogP) is 1.02. The van der Waals surface area contributed by atoms with Gasteiger partial charge in [-0.2, -0.15) is 0 Å². The van der Waals surface area contributed by atoms with E-state index in [1.165, 1.54) is 0 Å². The summed E-state index contributed by atoms with van der Waals surface area (Å²) in [5.74, 6) is -0.0284. The highest BCUT2D eigenvalue weighted by molar-refractivity contribution is 5.78. The van der Waals surface area contributed by atoms with E-state index in [0.717, 1.165) is 5.69 Å². The van der Waals surface area contributed by atoms with Gasteiger partial charge < -0.3 is 10.6 Å². The summed E-state index contributed by atoms with van der Waals surface area (Å²) in [6.45, 7) is 5.44. The second kappa shape index (κ2) is 6.23. The van der Waals surface area contributed by atoms with Crippen molar-refractivity contribution in [3.63, 3.8) is 0 Å². The Morgan fingerprint density at radius 3 is 2.81 bits per heavy atom. The number of aromatic nitrogens is 1. The average Bonchev–Trinajstić information content (AvgIpc) is 2.35. The van der Waals surface area contributed by atoms with Gasteiger partial charge in [-0.1, -0.05) is 13.0 Å². The third-order valence-corrected chi connectivity index (χ3v) is 2.55. The predicted molar refractivity (Wildman–Crippen MR) is 63.5 cm³/mol. The molecule has 0 bridgehead atoms. The van der Waals surface area contributed by atoms with Gasteiger partial charge in [-0.05, 0) is 19.1 Å². The highest BCUT2D eigenvalue weighted by Crippen LogP contribution is 2.06. The van der Waals surface area contributed by atoms with E-state index < -0.39 is 0 Å². The molecular weight excluding hydrogens is 202 g/mol. The molecule has 0 aromatic carbocycles. The van der Waals surface area contributed by atoms with E-state index in [2.05, 4.69) is 4.98 Å². The highest BCUT2D eigenvalue weighted by atomic mass is 16.2. The molecule has 0 aliphatic carbocycles. The molecule has 0 saturated heterocycles. The van der Waals surface area contributed by atoms with Crippen molar-refractivity contribution in [2.24, 2.45) is 11.7 Å². The van der Waals surface area contributed by atoms with Crippen LogP contribution in [0.25, 0.3) is 0 Å². The van der Waals surface area contributed by atoms with Crippen molar-refractivity contribution < 1.29 is 4.79 Å². The summed E-state index contributed by atoms with van der Waals surface area (Å²) >= 11 is 0. The minimum Gasteiger partial charge on any atom is -0.337 e. The van der Waals surface area contributed by atoms with Gasteiger partial charge in [0.1, 0.15) is 0 Å². The van der Waals surface area contributed by atoms with E-state index >= 15 is 0 Å². The Morgan fingerprint density at radius 2 is 2.31 bits per heavy atom. The average molecular weight is 221 g/mol. The lowest BCUT2D eigenvalue weighted by Crippen LogP contribution is -2.37. The van der Waals surface area contributed by atoms with E-state index in [1.807, 2.05) is 32.0 Å². The van der Waals surface area contributed by atoms with Crippen molar-refractivity contribution in [1.82, 2.24) is 9.88 Å². The molecule has 1 amide bonds. The first kappa shape index (κ1) is 12.6. The quantitative estimate of drug-likeness (QED) is 0.807. The molecular formula is C12H19N3O. The topological polar surface area (TPSA) is 59.2 Å².